The lowest BCUT2D eigenvalue weighted by atomic mass is 10.1. The first kappa shape index (κ1) is 11.8. The Hall–Kier alpha value is -0.640. The van der Waals surface area contributed by atoms with E-state index in [-0.39, 0.29) is 11.9 Å². The average molecular weight is 244 g/mol. The third-order valence-corrected chi connectivity index (χ3v) is 3.17. The highest BCUT2D eigenvalue weighted by Crippen LogP contribution is 2.24. The highest BCUT2D eigenvalue weighted by atomic mass is 35.5. The Morgan fingerprint density at radius 2 is 2.38 bits per heavy atom. The van der Waals surface area contributed by atoms with Crippen LogP contribution in [0.25, 0.3) is 0 Å². The van der Waals surface area contributed by atoms with Gasteiger partial charge in [-0.15, -0.1) is 0 Å². The van der Waals surface area contributed by atoms with Crippen LogP contribution in [0.2, 0.25) is 5.02 Å². The number of benzene rings is 1. The molecule has 1 saturated heterocycles. The predicted octanol–water partition coefficient (Wildman–Crippen LogP) is 2.92. The molecule has 0 radical (unpaired) electrons. The first-order valence-corrected chi connectivity index (χ1v) is 5.83. The Labute approximate surface area is 99.7 Å². The Bertz CT molecular complexity index is 366. The lowest BCUT2D eigenvalue weighted by molar-refractivity contribution is 0.188. The zero-order valence-corrected chi connectivity index (χ0v) is 9.93. The van der Waals surface area contributed by atoms with Crippen molar-refractivity contribution >= 4 is 11.6 Å². The molecule has 4 heteroatoms. The van der Waals surface area contributed by atoms with Crippen LogP contribution in [0.3, 0.4) is 0 Å². The van der Waals surface area contributed by atoms with Crippen molar-refractivity contribution < 1.29 is 9.13 Å². The Kier molecular flexibility index (Phi) is 3.79. The van der Waals surface area contributed by atoms with E-state index in [1.165, 1.54) is 12.1 Å². The van der Waals surface area contributed by atoms with Crippen LogP contribution in [-0.2, 0) is 4.74 Å². The molecule has 1 fully saturated rings. The van der Waals surface area contributed by atoms with Crippen molar-refractivity contribution in [2.24, 2.45) is 0 Å². The lowest BCUT2D eigenvalue weighted by Gasteiger charge is -2.19. The zero-order chi connectivity index (χ0) is 11.5. The largest absolute Gasteiger partial charge is 0.380 e. The Morgan fingerprint density at radius 3 is 3.00 bits per heavy atom. The lowest BCUT2D eigenvalue weighted by Crippen LogP contribution is -2.31. The van der Waals surface area contributed by atoms with Crippen LogP contribution < -0.4 is 5.32 Å². The van der Waals surface area contributed by atoms with Gasteiger partial charge in [0.25, 0.3) is 0 Å². The van der Waals surface area contributed by atoms with Crippen molar-refractivity contribution in [3.8, 4) is 0 Å². The van der Waals surface area contributed by atoms with Gasteiger partial charge in [0.1, 0.15) is 5.82 Å². The maximum atomic E-state index is 12.9. The molecule has 1 heterocycles. The number of ether oxygens (including phenoxy) is 1. The summed E-state index contributed by atoms with van der Waals surface area (Å²) in [4.78, 5) is 0. The smallest absolute Gasteiger partial charge is 0.124 e. The molecule has 1 aliphatic heterocycles. The summed E-state index contributed by atoms with van der Waals surface area (Å²) in [7, 11) is 0. The van der Waals surface area contributed by atoms with Crippen molar-refractivity contribution in [1.29, 1.82) is 0 Å². The number of rotatable bonds is 3. The van der Waals surface area contributed by atoms with Gasteiger partial charge in [-0.05, 0) is 31.0 Å². The summed E-state index contributed by atoms with van der Waals surface area (Å²) < 4.78 is 18.2. The summed E-state index contributed by atoms with van der Waals surface area (Å²) in [6.07, 6.45) is 1.02. The van der Waals surface area contributed by atoms with Gasteiger partial charge in [0.2, 0.25) is 0 Å². The summed E-state index contributed by atoms with van der Waals surface area (Å²) >= 11 is 6.00. The SMILES string of the molecule is CC(NC1CCOC1)c1ccc(F)cc1Cl. The van der Waals surface area contributed by atoms with Crippen LogP contribution in [0.4, 0.5) is 4.39 Å². The molecule has 1 N–H and O–H groups in total. The highest BCUT2D eigenvalue weighted by molar-refractivity contribution is 6.31. The van der Waals surface area contributed by atoms with Crippen molar-refractivity contribution in [3.05, 3.63) is 34.6 Å². The minimum atomic E-state index is -0.301. The van der Waals surface area contributed by atoms with Gasteiger partial charge in [-0.2, -0.15) is 0 Å². The number of hydrogen-bond donors (Lipinski definition) is 1. The quantitative estimate of drug-likeness (QED) is 0.882. The zero-order valence-electron chi connectivity index (χ0n) is 9.17. The summed E-state index contributed by atoms with van der Waals surface area (Å²) in [6, 6.07) is 4.99. The number of hydrogen-bond acceptors (Lipinski definition) is 2. The average Bonchev–Trinajstić information content (AvgIpc) is 2.70. The number of nitrogens with one attached hydrogen (secondary N) is 1. The van der Waals surface area contributed by atoms with E-state index in [0.717, 1.165) is 25.2 Å². The predicted molar refractivity (Wildman–Crippen MR) is 62.2 cm³/mol. The van der Waals surface area contributed by atoms with E-state index in [0.29, 0.717) is 11.1 Å². The monoisotopic (exact) mass is 243 g/mol. The summed E-state index contributed by atoms with van der Waals surface area (Å²) in [5.41, 5.74) is 0.926. The van der Waals surface area contributed by atoms with E-state index in [1.54, 1.807) is 6.07 Å². The molecule has 2 atom stereocenters. The van der Waals surface area contributed by atoms with Gasteiger partial charge in [-0.3, -0.25) is 0 Å². The van der Waals surface area contributed by atoms with Gasteiger partial charge >= 0.3 is 0 Å². The molecular formula is C12H15ClFNO. The molecule has 0 aromatic heterocycles. The van der Waals surface area contributed by atoms with E-state index in [9.17, 15) is 4.39 Å². The molecule has 0 spiro atoms. The second-order valence-corrected chi connectivity index (χ2v) is 4.52. The first-order valence-electron chi connectivity index (χ1n) is 5.45. The molecule has 2 rings (SSSR count). The second kappa shape index (κ2) is 5.13. The summed E-state index contributed by atoms with van der Waals surface area (Å²) in [5.74, 6) is -0.301. The van der Waals surface area contributed by atoms with Crippen LogP contribution in [0.5, 0.6) is 0 Å². The summed E-state index contributed by atoms with van der Waals surface area (Å²) in [6.45, 7) is 3.57. The molecule has 0 saturated carbocycles. The normalized spacial score (nSPS) is 22.3. The molecule has 1 aliphatic rings. The van der Waals surface area contributed by atoms with Gasteiger partial charge in [-0.25, -0.2) is 4.39 Å². The Morgan fingerprint density at radius 1 is 1.56 bits per heavy atom. The fourth-order valence-corrected chi connectivity index (χ4v) is 2.29. The van der Waals surface area contributed by atoms with Crippen LogP contribution >= 0.6 is 11.6 Å². The molecule has 0 aliphatic carbocycles. The van der Waals surface area contributed by atoms with Crippen molar-refractivity contribution in [2.75, 3.05) is 13.2 Å². The first-order chi connectivity index (χ1) is 7.66. The van der Waals surface area contributed by atoms with E-state index in [2.05, 4.69) is 5.32 Å². The fourth-order valence-electron chi connectivity index (χ4n) is 1.96. The third-order valence-electron chi connectivity index (χ3n) is 2.84. The molecule has 16 heavy (non-hydrogen) atoms. The van der Waals surface area contributed by atoms with Crippen LogP contribution in [0.1, 0.15) is 24.9 Å². The van der Waals surface area contributed by atoms with Gasteiger partial charge < -0.3 is 10.1 Å². The fraction of sp³-hybridized carbons (Fsp3) is 0.500. The van der Waals surface area contributed by atoms with Crippen LogP contribution in [0.15, 0.2) is 18.2 Å². The van der Waals surface area contributed by atoms with Crippen LogP contribution in [-0.4, -0.2) is 19.3 Å². The molecule has 88 valence electrons. The van der Waals surface area contributed by atoms with Gasteiger partial charge in [-0.1, -0.05) is 17.7 Å². The maximum Gasteiger partial charge on any atom is 0.124 e. The molecule has 2 unspecified atom stereocenters. The molecule has 1 aromatic rings. The van der Waals surface area contributed by atoms with E-state index in [1.807, 2.05) is 6.92 Å². The number of halogens is 2. The van der Waals surface area contributed by atoms with Crippen molar-refractivity contribution in [3.63, 3.8) is 0 Å². The van der Waals surface area contributed by atoms with Gasteiger partial charge in [0.15, 0.2) is 0 Å². The minimum absolute atomic E-state index is 0.111. The maximum absolute atomic E-state index is 12.9. The summed E-state index contributed by atoms with van der Waals surface area (Å²) in [5, 5.41) is 3.89. The van der Waals surface area contributed by atoms with Crippen molar-refractivity contribution in [1.82, 2.24) is 5.32 Å². The van der Waals surface area contributed by atoms with E-state index >= 15 is 0 Å². The highest BCUT2D eigenvalue weighted by Gasteiger charge is 2.19. The third kappa shape index (κ3) is 2.73. The van der Waals surface area contributed by atoms with E-state index in [4.69, 9.17) is 16.3 Å². The minimum Gasteiger partial charge on any atom is -0.380 e. The second-order valence-electron chi connectivity index (χ2n) is 4.11. The molecular weight excluding hydrogens is 229 g/mol. The van der Waals surface area contributed by atoms with Gasteiger partial charge in [0.05, 0.1) is 6.61 Å². The van der Waals surface area contributed by atoms with E-state index < -0.39 is 0 Å². The van der Waals surface area contributed by atoms with Gasteiger partial charge in [0, 0.05) is 23.7 Å². The molecule has 2 nitrogen and oxygen atoms in total. The van der Waals surface area contributed by atoms with Crippen LogP contribution in [0, 0.1) is 5.82 Å². The molecule has 0 amide bonds. The standard InChI is InChI=1S/C12H15ClFNO/c1-8(15-10-4-5-16-7-10)11-3-2-9(14)6-12(11)13/h2-3,6,8,10,15H,4-5,7H2,1H3. The van der Waals surface area contributed by atoms with Crippen molar-refractivity contribution in [2.45, 2.75) is 25.4 Å². The molecule has 0 bridgehead atoms. The molecule has 1 aromatic carbocycles. The Balaban J connectivity index is 2.04. The topological polar surface area (TPSA) is 21.3 Å².